The number of aryl methyl sites for hydroxylation is 1. The Morgan fingerprint density at radius 3 is 1.96 bits per heavy atom. The fourth-order valence-electron chi connectivity index (χ4n) is 12.3. The normalized spacial score (nSPS) is 15.2. The Morgan fingerprint density at radius 2 is 1.35 bits per heavy atom. The molecule has 552 valence electrons. The van der Waals surface area contributed by atoms with Crippen LogP contribution in [0.1, 0.15) is 147 Å². The summed E-state index contributed by atoms with van der Waals surface area (Å²) >= 11 is 0. The molecule has 27 heteroatoms. The molecule has 2 aromatic heterocycles. The van der Waals surface area contributed by atoms with Gasteiger partial charge in [0.15, 0.2) is 0 Å². The van der Waals surface area contributed by atoms with Gasteiger partial charge in [-0.2, -0.15) is 5.26 Å². The lowest BCUT2D eigenvalue weighted by Crippen LogP contribution is -2.52. The summed E-state index contributed by atoms with van der Waals surface area (Å²) in [4.78, 5) is 111. The lowest BCUT2D eigenvalue weighted by molar-refractivity contribution is -0.194. The minimum atomic E-state index is -1.83. The van der Waals surface area contributed by atoms with Gasteiger partial charge >= 0.3 is 18.0 Å². The number of hydrogen-bond acceptors (Lipinski definition) is 20. The summed E-state index contributed by atoms with van der Waals surface area (Å²) in [7, 11) is 1.49. The molecule has 5 amide bonds. The Labute approximate surface area is 602 Å². The summed E-state index contributed by atoms with van der Waals surface area (Å²) in [6.45, 7) is 20.4. The molecule has 103 heavy (non-hydrogen) atoms. The third kappa shape index (κ3) is 19.3. The van der Waals surface area contributed by atoms with Crippen molar-refractivity contribution in [1.29, 1.82) is 5.26 Å². The number of nitrogens with zero attached hydrogens (tertiary/aromatic N) is 4. The maximum atomic E-state index is 14.2. The molecule has 8 rings (SSSR count). The summed E-state index contributed by atoms with van der Waals surface area (Å²) in [6, 6.07) is 32.1. The van der Waals surface area contributed by atoms with Crippen LogP contribution in [0.15, 0.2) is 108 Å². The second-order valence-corrected chi connectivity index (χ2v) is 28.1. The number of rotatable bonds is 36. The number of pyridine rings is 2. The number of ether oxygens (including phenoxy) is 7. The predicted molar refractivity (Wildman–Crippen MR) is 386 cm³/mol. The smallest absolute Gasteiger partial charge is 0.412 e. The number of hydrogen-bond donors (Lipinski definition) is 5. The van der Waals surface area contributed by atoms with E-state index in [2.05, 4.69) is 65.0 Å². The van der Waals surface area contributed by atoms with E-state index in [1.165, 1.54) is 13.8 Å². The Hall–Kier alpha value is -9.35. The first-order valence-corrected chi connectivity index (χ1v) is 35.9. The van der Waals surface area contributed by atoms with Crippen LogP contribution in [-0.2, 0) is 87.5 Å². The lowest BCUT2D eigenvalue weighted by Gasteiger charge is -2.39. The van der Waals surface area contributed by atoms with Crippen molar-refractivity contribution in [2.24, 2.45) is 5.41 Å². The van der Waals surface area contributed by atoms with E-state index in [0.717, 1.165) is 27.8 Å². The minimum Gasteiger partial charge on any atom is -0.497 e. The van der Waals surface area contributed by atoms with Crippen molar-refractivity contribution >= 4 is 61.1 Å². The first-order valence-electron chi connectivity index (χ1n) is 34.8. The average molecular weight is 1440 g/mol. The van der Waals surface area contributed by atoms with E-state index in [1.54, 1.807) is 70.7 Å². The molecule has 4 aromatic carbocycles. The number of carbonyl (C=O) groups is 7. The standard InChI is InChI=1S/C76H96N9O17P/c1-14-58-59-41-56(31-32-63(59)83-67-60(58)43-84-64(67)42-62-61(70(84)90)46-97-72(92)75(62,15-2)101-71(91)74(9,10)11)100-73(93)80-38-37-79-68(88)49(7)82-69(89)50(8)81-66(87)34-33-65(86)78-36-20-39-96-44-57(102-103(99-40-19-35-77)85(47(3)4)48(5)6)45-98-76(51-21-17-16-18-22-51,52-23-27-54(94-12)28-24-52)53-25-29-55(95-13)30-26-53/h16-18,21-32,41-42,47-50,57H,14-15,19-20,33-34,36-40,43-46H2,1-13H3,(H,78,86)(H,79,88)(H,80,93)(H,81,87)(H,82,89)/t49?,50?,57?,75-,103?/m0/s1. The molecule has 26 nitrogen and oxygen atoms in total. The molecule has 4 heterocycles. The molecule has 5 atom stereocenters. The van der Waals surface area contributed by atoms with Gasteiger partial charge in [0.05, 0.1) is 81.0 Å². The Balaban J connectivity index is 0.782. The van der Waals surface area contributed by atoms with Crippen molar-refractivity contribution in [3.05, 3.63) is 152 Å². The number of esters is 2. The number of cyclic esters (lactones) is 1. The molecule has 0 fully saturated rings. The van der Waals surface area contributed by atoms with Crippen LogP contribution >= 0.6 is 8.53 Å². The van der Waals surface area contributed by atoms with Crippen molar-refractivity contribution in [2.75, 3.05) is 60.3 Å². The summed E-state index contributed by atoms with van der Waals surface area (Å²) < 4.78 is 58.7. The summed E-state index contributed by atoms with van der Waals surface area (Å²) in [5.74, 6) is -1.96. The van der Waals surface area contributed by atoms with Gasteiger partial charge < -0.3 is 73.4 Å². The van der Waals surface area contributed by atoms with Crippen LogP contribution in [0.2, 0.25) is 0 Å². The fraction of sp³-hybridized carbons (Fsp3) is 0.474. The van der Waals surface area contributed by atoms with E-state index in [-0.39, 0.29) is 125 Å². The van der Waals surface area contributed by atoms with Crippen molar-refractivity contribution in [1.82, 2.24) is 40.8 Å². The zero-order valence-electron chi connectivity index (χ0n) is 61.0. The Bertz CT molecular complexity index is 4030. The molecular weight excluding hydrogens is 1340 g/mol. The maximum absolute atomic E-state index is 14.2. The van der Waals surface area contributed by atoms with Gasteiger partial charge in [0.25, 0.3) is 14.1 Å². The van der Waals surface area contributed by atoms with E-state index in [4.69, 9.17) is 47.2 Å². The number of benzene rings is 4. The molecule has 4 unspecified atom stereocenters. The van der Waals surface area contributed by atoms with E-state index >= 15 is 0 Å². The molecule has 6 aromatic rings. The van der Waals surface area contributed by atoms with Crippen LogP contribution in [0.25, 0.3) is 22.3 Å². The molecule has 0 saturated carbocycles. The zero-order valence-corrected chi connectivity index (χ0v) is 61.9. The number of carbonyl (C=O) groups excluding carboxylic acids is 7. The molecule has 0 saturated heterocycles. The van der Waals surface area contributed by atoms with Crippen molar-refractivity contribution in [3.63, 3.8) is 0 Å². The summed E-state index contributed by atoms with van der Waals surface area (Å²) in [5, 5.41) is 23.4. The van der Waals surface area contributed by atoms with Gasteiger partial charge in [-0.15, -0.1) is 0 Å². The van der Waals surface area contributed by atoms with E-state index in [0.29, 0.717) is 46.6 Å². The third-order valence-electron chi connectivity index (χ3n) is 17.6. The van der Waals surface area contributed by atoms with Gasteiger partial charge in [-0.05, 0) is 152 Å². The van der Waals surface area contributed by atoms with Gasteiger partial charge in [0.2, 0.25) is 29.2 Å². The highest BCUT2D eigenvalue weighted by atomic mass is 31.2. The number of nitriles is 1. The van der Waals surface area contributed by atoms with E-state index < -0.39 is 79.1 Å². The van der Waals surface area contributed by atoms with Crippen LogP contribution in [0.5, 0.6) is 17.2 Å². The van der Waals surface area contributed by atoms with Gasteiger partial charge in [-0.1, -0.05) is 68.4 Å². The van der Waals surface area contributed by atoms with Crippen LogP contribution in [0, 0.1) is 16.7 Å². The van der Waals surface area contributed by atoms with Crippen molar-refractivity contribution < 1.29 is 75.8 Å². The Morgan fingerprint density at radius 1 is 0.728 bits per heavy atom. The maximum Gasteiger partial charge on any atom is 0.412 e. The van der Waals surface area contributed by atoms with Crippen LogP contribution in [0.3, 0.4) is 0 Å². The number of nitrogens with one attached hydrogen (secondary N) is 5. The quantitative estimate of drug-likeness (QED) is 0.0106. The third-order valence-corrected chi connectivity index (χ3v) is 19.8. The first-order chi connectivity index (χ1) is 49.2. The van der Waals surface area contributed by atoms with E-state index in [9.17, 15) is 43.6 Å². The van der Waals surface area contributed by atoms with Gasteiger partial charge in [0, 0.05) is 67.7 Å². The highest BCUT2D eigenvalue weighted by Gasteiger charge is 2.52. The number of fused-ring (bicyclic) bond motifs is 5. The van der Waals surface area contributed by atoms with Crippen LogP contribution in [-0.4, -0.2) is 146 Å². The highest BCUT2D eigenvalue weighted by Crippen LogP contribution is 2.49. The molecule has 2 aliphatic heterocycles. The van der Waals surface area contributed by atoms with Crippen molar-refractivity contribution in [3.8, 4) is 34.7 Å². The second kappa shape index (κ2) is 36.2. The molecule has 5 N–H and O–H groups in total. The Kier molecular flexibility index (Phi) is 27.9. The molecule has 0 spiro atoms. The number of amides is 5. The monoisotopic (exact) mass is 1440 g/mol. The lowest BCUT2D eigenvalue weighted by atomic mass is 9.80. The predicted octanol–water partition coefficient (Wildman–Crippen LogP) is 9.44. The van der Waals surface area contributed by atoms with Crippen LogP contribution < -0.4 is 46.4 Å². The molecule has 2 aliphatic rings. The number of aromatic nitrogens is 2. The summed E-state index contributed by atoms with van der Waals surface area (Å²) in [5.41, 5.74) is 1.87. The van der Waals surface area contributed by atoms with Gasteiger partial charge in [0.1, 0.15) is 47.6 Å². The highest BCUT2D eigenvalue weighted by molar-refractivity contribution is 7.44. The minimum absolute atomic E-state index is 0.0165. The molecule has 0 aliphatic carbocycles. The summed E-state index contributed by atoms with van der Waals surface area (Å²) in [6.07, 6.45) is -0.746. The van der Waals surface area contributed by atoms with Crippen LogP contribution in [0.4, 0.5) is 4.79 Å². The van der Waals surface area contributed by atoms with E-state index in [1.807, 2.05) is 85.8 Å². The molecule has 0 radical (unpaired) electrons. The first kappa shape index (κ1) is 79.4. The second-order valence-electron chi connectivity index (χ2n) is 26.7. The van der Waals surface area contributed by atoms with Gasteiger partial charge in [-0.25, -0.2) is 19.2 Å². The SMILES string of the molecule is CCc1c2c(nc3ccc(OC(=O)NCCNC(=O)C(C)NC(=O)C(C)NC(=O)CCC(=O)NCCCOCC(COC(c4ccccc4)(c4ccc(OC)cc4)c4ccc(OC)cc4)OP(OCCC#N)N(C(C)C)C(C)C)cc13)-c1cc3c(c(=O)n1C2)COC(=O)[C@@]3(CC)OC(=O)C(C)(C)C. The van der Waals surface area contributed by atoms with Crippen molar-refractivity contribution in [2.45, 2.75) is 169 Å². The fourth-order valence-corrected chi connectivity index (χ4v) is 13.9. The average Bonchev–Trinajstić information content (AvgIpc) is 1.63. The topological polar surface area (TPSA) is 325 Å². The number of methoxy groups -OCH3 is 2. The molecular formula is C76H96N9O17P. The van der Waals surface area contributed by atoms with Gasteiger partial charge in [-0.3, -0.25) is 28.8 Å². The largest absolute Gasteiger partial charge is 0.497 e. The molecule has 0 bridgehead atoms. The zero-order chi connectivity index (χ0) is 74.8.